The highest BCUT2D eigenvalue weighted by atomic mass is 32.2. The van der Waals surface area contributed by atoms with Crippen LogP contribution in [0.15, 0.2) is 70.2 Å². The first-order valence-corrected chi connectivity index (χ1v) is 13.4. The van der Waals surface area contributed by atoms with Crippen LogP contribution in [0, 0.1) is 0 Å². The van der Waals surface area contributed by atoms with Gasteiger partial charge in [0.1, 0.15) is 11.5 Å². The first-order chi connectivity index (χ1) is 17.3. The van der Waals surface area contributed by atoms with Crippen LogP contribution in [-0.4, -0.2) is 60.7 Å². The molecule has 2 aromatic carbocycles. The van der Waals surface area contributed by atoms with Gasteiger partial charge in [-0.15, -0.1) is 23.5 Å². The Morgan fingerprint density at radius 3 is 2.06 bits per heavy atom. The van der Waals surface area contributed by atoms with E-state index in [2.05, 4.69) is 11.0 Å². The van der Waals surface area contributed by atoms with Gasteiger partial charge >= 0.3 is 12.1 Å². The molecule has 0 radical (unpaired) electrons. The number of carbonyl (C=O) groups is 1. The summed E-state index contributed by atoms with van der Waals surface area (Å²) < 4.78 is 51.4. The number of amides is 1. The van der Waals surface area contributed by atoms with Crippen molar-refractivity contribution in [2.75, 3.05) is 38.8 Å². The molecule has 5 nitrogen and oxygen atoms in total. The molecular formula is C26H25F3N2O3S2. The summed E-state index contributed by atoms with van der Waals surface area (Å²) in [7, 11) is 3.18. The summed E-state index contributed by atoms with van der Waals surface area (Å²) >= 11 is 3.06. The molecule has 3 heterocycles. The fourth-order valence-electron chi connectivity index (χ4n) is 4.89. The minimum atomic E-state index is -4.94. The van der Waals surface area contributed by atoms with Gasteiger partial charge in [-0.1, -0.05) is 24.3 Å². The third kappa shape index (κ3) is 4.56. The van der Waals surface area contributed by atoms with E-state index in [9.17, 15) is 18.0 Å². The minimum Gasteiger partial charge on any atom is -0.497 e. The van der Waals surface area contributed by atoms with Crippen LogP contribution in [0.4, 0.5) is 13.2 Å². The molecule has 0 spiro atoms. The van der Waals surface area contributed by atoms with Crippen molar-refractivity contribution in [3.8, 4) is 11.5 Å². The van der Waals surface area contributed by atoms with Crippen LogP contribution in [-0.2, 0) is 4.79 Å². The van der Waals surface area contributed by atoms with Crippen LogP contribution in [0.25, 0.3) is 0 Å². The monoisotopic (exact) mass is 534 g/mol. The lowest BCUT2D eigenvalue weighted by Gasteiger charge is -2.41. The number of methoxy groups -OCH3 is 2. The molecule has 0 bridgehead atoms. The molecule has 2 aromatic rings. The Hall–Kier alpha value is -2.72. The first-order valence-electron chi connectivity index (χ1n) is 11.5. The zero-order chi connectivity index (χ0) is 25.4. The number of ether oxygens (including phenoxy) is 2. The van der Waals surface area contributed by atoms with Crippen molar-refractivity contribution in [3.05, 3.63) is 81.4 Å². The molecule has 3 aliphatic heterocycles. The highest BCUT2D eigenvalue weighted by molar-refractivity contribution is 8.03. The number of alkyl halides is 3. The minimum absolute atomic E-state index is 0.0256. The quantitative estimate of drug-likeness (QED) is 0.495. The zero-order valence-electron chi connectivity index (χ0n) is 19.7. The van der Waals surface area contributed by atoms with E-state index in [1.54, 1.807) is 26.0 Å². The van der Waals surface area contributed by atoms with E-state index in [-0.39, 0.29) is 18.5 Å². The van der Waals surface area contributed by atoms with Crippen molar-refractivity contribution in [2.24, 2.45) is 0 Å². The van der Waals surface area contributed by atoms with E-state index in [1.807, 2.05) is 48.5 Å². The molecule has 0 saturated carbocycles. The second-order valence-electron chi connectivity index (χ2n) is 8.54. The molecule has 0 N–H and O–H groups in total. The number of thioether (sulfide) groups is 2. The number of carbonyl (C=O) groups excluding carboxylic acids is 1. The summed E-state index contributed by atoms with van der Waals surface area (Å²) in [6.07, 6.45) is -2.82. The largest absolute Gasteiger partial charge is 0.497 e. The molecule has 2 fully saturated rings. The van der Waals surface area contributed by atoms with Gasteiger partial charge in [0, 0.05) is 30.5 Å². The Morgan fingerprint density at radius 1 is 0.889 bits per heavy atom. The van der Waals surface area contributed by atoms with Crippen LogP contribution in [0.2, 0.25) is 0 Å². The SMILES string of the molecule is COc1ccc([C@@H]2C=C3SCCN3[C@H](c3ccc(OC)cc3)/C2=C2\SCCN2C(=O)C(F)(F)F)cc1. The summed E-state index contributed by atoms with van der Waals surface area (Å²) in [6, 6.07) is 14.9. The van der Waals surface area contributed by atoms with Crippen LogP contribution >= 0.6 is 23.5 Å². The molecule has 5 rings (SSSR count). The molecular weight excluding hydrogens is 509 g/mol. The van der Waals surface area contributed by atoms with Gasteiger partial charge in [-0.3, -0.25) is 9.69 Å². The molecule has 2 saturated heterocycles. The van der Waals surface area contributed by atoms with E-state index in [1.165, 1.54) is 11.8 Å². The van der Waals surface area contributed by atoms with Crippen molar-refractivity contribution < 1.29 is 27.4 Å². The maximum absolute atomic E-state index is 13.6. The predicted octanol–water partition coefficient (Wildman–Crippen LogP) is 5.78. The fourth-order valence-corrected chi connectivity index (χ4v) is 7.19. The summed E-state index contributed by atoms with van der Waals surface area (Å²) in [5.74, 6) is 0.576. The van der Waals surface area contributed by atoms with Gasteiger partial charge in [0.05, 0.1) is 30.3 Å². The van der Waals surface area contributed by atoms with E-state index in [0.29, 0.717) is 22.3 Å². The number of hydrogen-bond acceptors (Lipinski definition) is 6. The van der Waals surface area contributed by atoms with E-state index in [4.69, 9.17) is 9.47 Å². The zero-order valence-corrected chi connectivity index (χ0v) is 21.4. The van der Waals surface area contributed by atoms with Gasteiger partial charge in [0.2, 0.25) is 0 Å². The Kier molecular flexibility index (Phi) is 6.91. The summed E-state index contributed by atoms with van der Waals surface area (Å²) in [5.41, 5.74) is 2.66. The Balaban J connectivity index is 1.72. The van der Waals surface area contributed by atoms with Crippen LogP contribution in [0.3, 0.4) is 0 Å². The van der Waals surface area contributed by atoms with E-state index in [0.717, 1.165) is 38.9 Å². The standard InChI is InChI=1S/C26H25F3N2O3S2/c1-33-18-7-3-16(4-8-18)20-15-21-30(11-13-35-21)23(17-5-9-19(34-2)10-6-17)22(20)24-31(12-14-36-24)25(32)26(27,28)29/h3-10,15,20,23H,11-14H2,1-2H3/b24-22-/t20-,23+/m0/s1. The summed E-state index contributed by atoms with van der Waals surface area (Å²) in [4.78, 5) is 15.7. The number of allylic oxidation sites excluding steroid dienone is 1. The molecule has 0 aliphatic carbocycles. The lowest BCUT2D eigenvalue weighted by Crippen LogP contribution is -2.40. The fraction of sp³-hybridized carbons (Fsp3) is 0.346. The third-order valence-corrected chi connectivity index (χ3v) is 8.72. The van der Waals surface area contributed by atoms with Gasteiger partial charge in [0.15, 0.2) is 0 Å². The number of halogens is 3. The topological polar surface area (TPSA) is 42.0 Å². The van der Waals surface area contributed by atoms with Crippen LogP contribution in [0.5, 0.6) is 11.5 Å². The van der Waals surface area contributed by atoms with Gasteiger partial charge in [0.25, 0.3) is 0 Å². The van der Waals surface area contributed by atoms with Crippen LogP contribution in [0.1, 0.15) is 23.1 Å². The lowest BCUT2D eigenvalue weighted by molar-refractivity contribution is -0.182. The first kappa shape index (κ1) is 25.0. The molecule has 190 valence electrons. The van der Waals surface area contributed by atoms with Crippen LogP contribution < -0.4 is 9.47 Å². The molecule has 10 heteroatoms. The number of nitrogens with zero attached hydrogens (tertiary/aromatic N) is 2. The Labute approximate surface area is 216 Å². The van der Waals surface area contributed by atoms with Crippen molar-refractivity contribution in [1.82, 2.24) is 9.80 Å². The van der Waals surface area contributed by atoms with Crippen molar-refractivity contribution >= 4 is 29.4 Å². The molecule has 36 heavy (non-hydrogen) atoms. The van der Waals surface area contributed by atoms with Gasteiger partial charge in [-0.25, -0.2) is 0 Å². The summed E-state index contributed by atoms with van der Waals surface area (Å²) in [6.45, 7) is 0.787. The second kappa shape index (κ2) is 9.97. The average Bonchev–Trinajstić information content (AvgIpc) is 3.56. The van der Waals surface area contributed by atoms with E-state index >= 15 is 0 Å². The van der Waals surface area contributed by atoms with Gasteiger partial charge < -0.3 is 14.4 Å². The number of fused-ring (bicyclic) bond motifs is 1. The molecule has 3 aliphatic rings. The average molecular weight is 535 g/mol. The van der Waals surface area contributed by atoms with Crippen molar-refractivity contribution in [3.63, 3.8) is 0 Å². The molecule has 0 aromatic heterocycles. The van der Waals surface area contributed by atoms with Gasteiger partial charge in [-0.05, 0) is 47.0 Å². The lowest BCUT2D eigenvalue weighted by atomic mass is 9.81. The van der Waals surface area contributed by atoms with Gasteiger partial charge in [-0.2, -0.15) is 13.2 Å². The molecule has 1 amide bonds. The normalized spacial score (nSPS) is 24.0. The van der Waals surface area contributed by atoms with Crippen molar-refractivity contribution in [1.29, 1.82) is 0 Å². The summed E-state index contributed by atoms with van der Waals surface area (Å²) in [5, 5.41) is 1.49. The number of benzene rings is 2. The van der Waals surface area contributed by atoms with E-state index < -0.39 is 12.1 Å². The highest BCUT2D eigenvalue weighted by Gasteiger charge is 2.48. The number of rotatable bonds is 4. The second-order valence-corrected chi connectivity index (χ2v) is 10.7. The maximum Gasteiger partial charge on any atom is 0.471 e. The smallest absolute Gasteiger partial charge is 0.471 e. The molecule has 0 unspecified atom stereocenters. The predicted molar refractivity (Wildman–Crippen MR) is 136 cm³/mol. The third-order valence-electron chi connectivity index (χ3n) is 6.56. The van der Waals surface area contributed by atoms with Crippen molar-refractivity contribution in [2.45, 2.75) is 18.1 Å². The Morgan fingerprint density at radius 2 is 1.47 bits per heavy atom. The number of hydrogen-bond donors (Lipinski definition) is 0. The molecule has 2 atom stereocenters. The maximum atomic E-state index is 13.6. The Bertz CT molecular complexity index is 1200. The highest BCUT2D eigenvalue weighted by Crippen LogP contribution is 2.54.